The second-order valence-corrected chi connectivity index (χ2v) is 9.63. The number of hydrogen-bond donors (Lipinski definition) is 1. The molecule has 5 rings (SSSR count). The van der Waals surface area contributed by atoms with Crippen molar-refractivity contribution in [1.82, 2.24) is 23.9 Å². The number of aryl methyl sites for hydroxylation is 1. The Morgan fingerprint density at radius 2 is 1.95 bits per heavy atom. The molecular formula is C30H34N6O2. The van der Waals surface area contributed by atoms with Crippen LogP contribution in [0.15, 0.2) is 65.7 Å². The third kappa shape index (κ3) is 4.41. The topological polar surface area (TPSA) is 89.4 Å². The molecule has 4 aromatic rings. The Labute approximate surface area is 231 Å². The Bertz CT molecular complexity index is 1810. The molecule has 0 unspecified atom stereocenters. The molecule has 1 amide bonds. The standard InChI is InChI=1S/C30H34N6O2/c1-19-25(31)13-17-36(29(19)37)26-10-14-32-28-24(26)18-27(34(28)5)20(2)35-15-11-22(12-16-35)21-6-8-23(9-7-21)30(38)33(3)4/h6-11,13-14,17-18,20H,12,15-16,31H2,1-5H3/t20-/m0/s1/i3D3,4D3. The number of nitrogen functional groups attached to an aromatic ring is 1. The molecule has 0 aliphatic carbocycles. The van der Waals surface area contributed by atoms with Crippen LogP contribution >= 0.6 is 0 Å². The number of fused-ring (bicyclic) bond motifs is 1. The quantitative estimate of drug-likeness (QED) is 0.430. The van der Waals surface area contributed by atoms with Crippen LogP contribution in [0.1, 0.15) is 54.8 Å². The van der Waals surface area contributed by atoms with Crippen molar-refractivity contribution >= 4 is 28.2 Å². The summed E-state index contributed by atoms with van der Waals surface area (Å²) in [6, 6.07) is 12.0. The van der Waals surface area contributed by atoms with Crippen molar-refractivity contribution < 1.29 is 13.0 Å². The first kappa shape index (κ1) is 19.0. The minimum atomic E-state index is -3.10. The average Bonchev–Trinajstić information content (AvgIpc) is 3.31. The summed E-state index contributed by atoms with van der Waals surface area (Å²) in [6.45, 7) is -0.914. The highest BCUT2D eigenvalue weighted by Crippen LogP contribution is 2.32. The van der Waals surface area contributed by atoms with Crippen molar-refractivity contribution in [3.8, 4) is 5.69 Å². The van der Waals surface area contributed by atoms with E-state index < -0.39 is 19.9 Å². The van der Waals surface area contributed by atoms with Crippen molar-refractivity contribution in [2.75, 3.05) is 32.8 Å². The molecule has 0 saturated heterocycles. The van der Waals surface area contributed by atoms with Crippen LogP contribution in [0.3, 0.4) is 0 Å². The van der Waals surface area contributed by atoms with Gasteiger partial charge in [0.05, 0.1) is 5.69 Å². The van der Waals surface area contributed by atoms with Crippen LogP contribution in [0, 0.1) is 6.92 Å². The van der Waals surface area contributed by atoms with Crippen LogP contribution < -0.4 is 11.3 Å². The van der Waals surface area contributed by atoms with Crippen molar-refractivity contribution in [3.63, 3.8) is 0 Å². The van der Waals surface area contributed by atoms with Crippen LogP contribution in [0.5, 0.6) is 0 Å². The zero-order valence-electron chi connectivity index (χ0n) is 27.6. The minimum Gasteiger partial charge on any atom is -0.398 e. The first-order valence-electron chi connectivity index (χ1n) is 15.4. The normalized spacial score (nSPS) is 17.9. The van der Waals surface area contributed by atoms with Gasteiger partial charge in [0.15, 0.2) is 0 Å². The maximum absolute atomic E-state index is 13.0. The van der Waals surface area contributed by atoms with Gasteiger partial charge in [-0.25, -0.2) is 4.98 Å². The predicted octanol–water partition coefficient (Wildman–Crippen LogP) is 4.17. The number of hydrogen-bond acceptors (Lipinski definition) is 5. The zero-order valence-corrected chi connectivity index (χ0v) is 21.6. The van der Waals surface area contributed by atoms with Gasteiger partial charge in [0, 0.05) is 88.6 Å². The molecule has 1 aromatic carbocycles. The van der Waals surface area contributed by atoms with Gasteiger partial charge < -0.3 is 15.2 Å². The summed E-state index contributed by atoms with van der Waals surface area (Å²) in [5.74, 6) is -1.07. The minimum absolute atomic E-state index is 0.00666. The average molecular weight is 517 g/mol. The molecule has 3 aromatic heterocycles. The molecule has 1 aliphatic heterocycles. The molecule has 4 heterocycles. The van der Waals surface area contributed by atoms with Crippen LogP contribution in [0.25, 0.3) is 22.3 Å². The summed E-state index contributed by atoms with van der Waals surface area (Å²) < 4.78 is 48.7. The van der Waals surface area contributed by atoms with E-state index in [9.17, 15) is 9.59 Å². The smallest absolute Gasteiger partial charge is 0.260 e. The zero-order chi connectivity index (χ0) is 32.1. The van der Waals surface area contributed by atoms with E-state index in [1.54, 1.807) is 42.1 Å². The van der Waals surface area contributed by atoms with E-state index in [1.807, 2.05) is 13.1 Å². The molecule has 0 radical (unpaired) electrons. The van der Waals surface area contributed by atoms with Crippen molar-refractivity contribution in [3.05, 3.63) is 93.7 Å². The van der Waals surface area contributed by atoms with E-state index in [0.717, 1.165) is 46.5 Å². The number of amides is 1. The van der Waals surface area contributed by atoms with Crippen LogP contribution in [-0.4, -0.2) is 56.9 Å². The highest BCUT2D eigenvalue weighted by Gasteiger charge is 2.24. The Morgan fingerprint density at radius 1 is 1.18 bits per heavy atom. The molecule has 2 N–H and O–H groups in total. The van der Waals surface area contributed by atoms with E-state index in [1.165, 1.54) is 12.1 Å². The van der Waals surface area contributed by atoms with Gasteiger partial charge in [-0.05, 0) is 61.7 Å². The second-order valence-electron chi connectivity index (χ2n) is 9.63. The van der Waals surface area contributed by atoms with Gasteiger partial charge in [0.1, 0.15) is 5.65 Å². The molecule has 0 spiro atoms. The SMILES string of the molecule is [2H]C([2H])([2H])N(C(=O)c1ccc(C2=CCN([C@@H](C)c3cc4c(-n5ccc(N)c(C)c5=O)ccnc4n3C)CC2)cc1)C([2H])([2H])[2H]. The summed E-state index contributed by atoms with van der Waals surface area (Å²) in [5.41, 5.74) is 11.2. The molecule has 0 bridgehead atoms. The fourth-order valence-electron chi connectivity index (χ4n) is 5.12. The monoisotopic (exact) mass is 516 g/mol. The largest absolute Gasteiger partial charge is 0.398 e. The maximum Gasteiger partial charge on any atom is 0.260 e. The molecular weight excluding hydrogens is 476 g/mol. The van der Waals surface area contributed by atoms with Gasteiger partial charge >= 0.3 is 0 Å². The van der Waals surface area contributed by atoms with Gasteiger partial charge in [-0.1, -0.05) is 18.2 Å². The lowest BCUT2D eigenvalue weighted by atomic mass is 9.97. The lowest BCUT2D eigenvalue weighted by Gasteiger charge is -2.32. The summed E-state index contributed by atoms with van der Waals surface area (Å²) in [4.78, 5) is 32.7. The van der Waals surface area contributed by atoms with E-state index >= 15 is 0 Å². The predicted molar refractivity (Wildman–Crippen MR) is 153 cm³/mol. The van der Waals surface area contributed by atoms with Gasteiger partial charge in [0.2, 0.25) is 0 Å². The molecule has 38 heavy (non-hydrogen) atoms. The summed E-state index contributed by atoms with van der Waals surface area (Å²) in [6.07, 6.45) is 6.24. The number of carbonyl (C=O) groups is 1. The summed E-state index contributed by atoms with van der Waals surface area (Å²) in [5, 5.41) is 0.863. The Kier molecular flexibility index (Phi) is 4.97. The number of carbonyl (C=O) groups excluding carboxylic acids is 1. The number of aromatic nitrogens is 3. The van der Waals surface area contributed by atoms with E-state index in [-0.39, 0.29) is 22.1 Å². The van der Waals surface area contributed by atoms with Gasteiger partial charge in [-0.3, -0.25) is 19.1 Å². The fraction of sp³-hybridized carbons (Fsp3) is 0.300. The molecule has 1 atom stereocenters. The number of nitrogens with two attached hydrogens (primary N) is 1. The maximum atomic E-state index is 13.0. The number of benzene rings is 1. The Balaban J connectivity index is 1.36. The van der Waals surface area contributed by atoms with E-state index in [0.29, 0.717) is 17.8 Å². The summed E-state index contributed by atoms with van der Waals surface area (Å²) >= 11 is 0. The number of pyridine rings is 2. The van der Waals surface area contributed by atoms with Crippen molar-refractivity contribution in [2.24, 2.45) is 7.05 Å². The number of nitrogens with zero attached hydrogens (tertiary/aromatic N) is 5. The lowest BCUT2D eigenvalue weighted by molar-refractivity contribution is 0.0827. The molecule has 0 saturated carbocycles. The van der Waals surface area contributed by atoms with E-state index in [2.05, 4.69) is 33.5 Å². The Morgan fingerprint density at radius 3 is 2.63 bits per heavy atom. The summed E-state index contributed by atoms with van der Waals surface area (Å²) in [7, 11) is 1.97. The third-order valence-corrected chi connectivity index (χ3v) is 7.50. The first-order valence-corrected chi connectivity index (χ1v) is 12.4. The van der Waals surface area contributed by atoms with Crippen molar-refractivity contribution in [1.29, 1.82) is 0 Å². The molecule has 196 valence electrons. The highest BCUT2D eigenvalue weighted by atomic mass is 16.2. The van der Waals surface area contributed by atoms with Gasteiger partial charge in [-0.15, -0.1) is 0 Å². The number of rotatable bonds is 5. The number of anilines is 1. The van der Waals surface area contributed by atoms with E-state index in [4.69, 9.17) is 14.0 Å². The molecule has 8 nitrogen and oxygen atoms in total. The fourth-order valence-corrected chi connectivity index (χ4v) is 5.12. The molecule has 1 aliphatic rings. The first-order chi connectivity index (χ1) is 20.6. The lowest BCUT2D eigenvalue weighted by Crippen LogP contribution is -2.32. The van der Waals surface area contributed by atoms with Gasteiger partial charge in [-0.2, -0.15) is 0 Å². The Hall–Kier alpha value is -4.17. The third-order valence-electron chi connectivity index (χ3n) is 7.50. The highest BCUT2D eigenvalue weighted by molar-refractivity contribution is 5.94. The second kappa shape index (κ2) is 9.95. The molecule has 0 fully saturated rings. The van der Waals surface area contributed by atoms with Crippen molar-refractivity contribution in [2.45, 2.75) is 26.3 Å². The van der Waals surface area contributed by atoms with Crippen LogP contribution in [-0.2, 0) is 7.05 Å². The molecule has 8 heteroatoms. The van der Waals surface area contributed by atoms with Gasteiger partial charge in [0.25, 0.3) is 11.5 Å². The van der Waals surface area contributed by atoms with Crippen LogP contribution in [0.2, 0.25) is 0 Å². The van der Waals surface area contributed by atoms with Crippen LogP contribution in [0.4, 0.5) is 5.69 Å².